The molecule has 1 aliphatic heterocycles. The lowest BCUT2D eigenvalue weighted by Gasteiger charge is -2.13. The number of hydrogen-bond acceptors (Lipinski definition) is 3. The van der Waals surface area contributed by atoms with Gasteiger partial charge in [0.1, 0.15) is 5.75 Å². The maximum Gasteiger partial charge on any atom is 0.133 e. The number of aliphatic hydroxyl groups is 1. The summed E-state index contributed by atoms with van der Waals surface area (Å²) in [5, 5.41) is 10.4. The van der Waals surface area contributed by atoms with Gasteiger partial charge in [0.2, 0.25) is 0 Å². The topological polar surface area (TPSA) is 38.7 Å². The monoisotopic (exact) mass is 348 g/mol. The number of aliphatic hydroxyl groups excluding tert-OH is 1. The van der Waals surface area contributed by atoms with Crippen LogP contribution in [-0.2, 0) is 24.4 Å². The number of halogens is 1. The van der Waals surface area contributed by atoms with Gasteiger partial charge in [-0.2, -0.15) is 0 Å². The number of hydrogen-bond donors (Lipinski definition) is 1. The van der Waals surface area contributed by atoms with E-state index in [1.807, 2.05) is 36.4 Å². The Balaban J connectivity index is 1.76. The third kappa shape index (κ3) is 3.12. The minimum absolute atomic E-state index is 0.517. The molecule has 0 amide bonds. The van der Waals surface area contributed by atoms with Gasteiger partial charge in [-0.15, -0.1) is 0 Å². The fourth-order valence-corrected chi connectivity index (χ4v) is 3.17. The zero-order chi connectivity index (χ0) is 14.8. The SMILES string of the molecule is COc1ccc(CC(O)c2ccc3c(c2)COC3)cc1Br. The average molecular weight is 349 g/mol. The Bertz CT molecular complexity index is 654. The molecule has 3 rings (SSSR count). The first-order valence-corrected chi connectivity index (χ1v) is 7.66. The van der Waals surface area contributed by atoms with E-state index in [0.717, 1.165) is 21.3 Å². The van der Waals surface area contributed by atoms with Crippen LogP contribution in [-0.4, -0.2) is 12.2 Å². The van der Waals surface area contributed by atoms with Crippen LogP contribution in [0.15, 0.2) is 40.9 Å². The van der Waals surface area contributed by atoms with E-state index in [1.165, 1.54) is 11.1 Å². The molecule has 0 saturated heterocycles. The van der Waals surface area contributed by atoms with Crippen LogP contribution in [0.25, 0.3) is 0 Å². The van der Waals surface area contributed by atoms with Crippen LogP contribution in [0, 0.1) is 0 Å². The Labute approximate surface area is 132 Å². The molecule has 4 heteroatoms. The largest absolute Gasteiger partial charge is 0.496 e. The normalized spacial score (nSPS) is 14.8. The van der Waals surface area contributed by atoms with E-state index in [2.05, 4.69) is 15.9 Å². The molecule has 0 bridgehead atoms. The second kappa shape index (κ2) is 6.18. The highest BCUT2D eigenvalue weighted by molar-refractivity contribution is 9.10. The maximum atomic E-state index is 10.4. The summed E-state index contributed by atoms with van der Waals surface area (Å²) in [6.45, 7) is 1.32. The molecular formula is C17H17BrO3. The van der Waals surface area contributed by atoms with Crippen molar-refractivity contribution in [2.75, 3.05) is 7.11 Å². The molecule has 2 aromatic carbocycles. The Morgan fingerprint density at radius 3 is 2.76 bits per heavy atom. The van der Waals surface area contributed by atoms with E-state index >= 15 is 0 Å². The van der Waals surface area contributed by atoms with Crippen molar-refractivity contribution >= 4 is 15.9 Å². The van der Waals surface area contributed by atoms with Gasteiger partial charge in [0.05, 0.1) is 30.9 Å². The van der Waals surface area contributed by atoms with Crippen molar-refractivity contribution in [3.8, 4) is 5.75 Å². The summed E-state index contributed by atoms with van der Waals surface area (Å²) in [6.07, 6.45) is 0.0543. The van der Waals surface area contributed by atoms with E-state index in [4.69, 9.17) is 9.47 Å². The Morgan fingerprint density at radius 1 is 1.19 bits per heavy atom. The van der Waals surface area contributed by atoms with Crippen LogP contribution >= 0.6 is 15.9 Å². The van der Waals surface area contributed by atoms with Gasteiger partial charge in [-0.1, -0.05) is 24.3 Å². The molecule has 0 aromatic heterocycles. The summed E-state index contributed by atoms with van der Waals surface area (Å²) in [7, 11) is 1.64. The predicted octanol–water partition coefficient (Wildman–Crippen LogP) is 3.76. The van der Waals surface area contributed by atoms with Gasteiger partial charge in [0, 0.05) is 6.42 Å². The summed E-state index contributed by atoms with van der Waals surface area (Å²) >= 11 is 3.47. The van der Waals surface area contributed by atoms with Crippen molar-refractivity contribution in [3.63, 3.8) is 0 Å². The number of methoxy groups -OCH3 is 1. The lowest BCUT2D eigenvalue weighted by molar-refractivity contribution is 0.134. The molecule has 1 unspecified atom stereocenters. The van der Waals surface area contributed by atoms with Crippen LogP contribution in [0.1, 0.15) is 28.4 Å². The molecule has 0 aliphatic carbocycles. The molecule has 0 radical (unpaired) electrons. The maximum absolute atomic E-state index is 10.4. The molecule has 0 saturated carbocycles. The molecular weight excluding hydrogens is 332 g/mol. The zero-order valence-electron chi connectivity index (χ0n) is 11.8. The summed E-state index contributed by atoms with van der Waals surface area (Å²) in [6, 6.07) is 11.9. The third-order valence-electron chi connectivity index (χ3n) is 3.78. The fraction of sp³-hybridized carbons (Fsp3) is 0.294. The molecule has 1 N–H and O–H groups in total. The van der Waals surface area contributed by atoms with Crippen molar-refractivity contribution < 1.29 is 14.6 Å². The summed E-state index contributed by atoms with van der Waals surface area (Å²) in [5.74, 6) is 0.794. The van der Waals surface area contributed by atoms with E-state index in [9.17, 15) is 5.11 Å². The number of fused-ring (bicyclic) bond motifs is 1. The minimum atomic E-state index is -0.517. The van der Waals surface area contributed by atoms with Gasteiger partial charge in [-0.3, -0.25) is 0 Å². The second-order valence-electron chi connectivity index (χ2n) is 5.21. The van der Waals surface area contributed by atoms with Crippen molar-refractivity contribution in [1.29, 1.82) is 0 Å². The first-order valence-electron chi connectivity index (χ1n) is 6.87. The van der Waals surface area contributed by atoms with Gasteiger partial charge < -0.3 is 14.6 Å². The molecule has 1 aliphatic rings. The molecule has 0 fully saturated rings. The highest BCUT2D eigenvalue weighted by Gasteiger charge is 2.15. The predicted molar refractivity (Wildman–Crippen MR) is 84.3 cm³/mol. The lowest BCUT2D eigenvalue weighted by atomic mass is 9.98. The van der Waals surface area contributed by atoms with Gasteiger partial charge in [-0.25, -0.2) is 0 Å². The summed E-state index contributed by atoms with van der Waals surface area (Å²) in [5.41, 5.74) is 4.40. The van der Waals surface area contributed by atoms with E-state index in [0.29, 0.717) is 19.6 Å². The van der Waals surface area contributed by atoms with Crippen LogP contribution in [0.3, 0.4) is 0 Å². The van der Waals surface area contributed by atoms with E-state index in [1.54, 1.807) is 7.11 Å². The van der Waals surface area contributed by atoms with Crippen LogP contribution < -0.4 is 4.74 Å². The van der Waals surface area contributed by atoms with Crippen LogP contribution in [0.2, 0.25) is 0 Å². The molecule has 21 heavy (non-hydrogen) atoms. The first-order chi connectivity index (χ1) is 10.2. The lowest BCUT2D eigenvalue weighted by Crippen LogP contribution is -2.03. The number of benzene rings is 2. The fourth-order valence-electron chi connectivity index (χ4n) is 2.58. The van der Waals surface area contributed by atoms with Gasteiger partial charge >= 0.3 is 0 Å². The van der Waals surface area contributed by atoms with Crippen molar-refractivity contribution in [2.45, 2.75) is 25.7 Å². The summed E-state index contributed by atoms with van der Waals surface area (Å²) < 4.78 is 11.5. The average Bonchev–Trinajstić information content (AvgIpc) is 2.94. The number of rotatable bonds is 4. The molecule has 2 aromatic rings. The molecule has 1 atom stereocenters. The third-order valence-corrected chi connectivity index (χ3v) is 4.40. The highest BCUT2D eigenvalue weighted by Crippen LogP contribution is 2.29. The van der Waals surface area contributed by atoms with E-state index in [-0.39, 0.29) is 0 Å². The molecule has 3 nitrogen and oxygen atoms in total. The van der Waals surface area contributed by atoms with Crippen molar-refractivity contribution in [3.05, 3.63) is 63.1 Å². The minimum Gasteiger partial charge on any atom is -0.496 e. The first kappa shape index (κ1) is 14.6. The Kier molecular flexibility index (Phi) is 4.29. The molecule has 1 heterocycles. The molecule has 0 spiro atoms. The van der Waals surface area contributed by atoms with Crippen molar-refractivity contribution in [2.24, 2.45) is 0 Å². The second-order valence-corrected chi connectivity index (χ2v) is 6.06. The summed E-state index contributed by atoms with van der Waals surface area (Å²) in [4.78, 5) is 0. The smallest absolute Gasteiger partial charge is 0.133 e. The highest BCUT2D eigenvalue weighted by atomic mass is 79.9. The Morgan fingerprint density at radius 2 is 2.00 bits per heavy atom. The van der Waals surface area contributed by atoms with Crippen LogP contribution in [0.4, 0.5) is 0 Å². The van der Waals surface area contributed by atoms with Crippen molar-refractivity contribution in [1.82, 2.24) is 0 Å². The van der Waals surface area contributed by atoms with Gasteiger partial charge in [0.25, 0.3) is 0 Å². The zero-order valence-corrected chi connectivity index (χ0v) is 13.4. The quantitative estimate of drug-likeness (QED) is 0.913. The van der Waals surface area contributed by atoms with Crippen LogP contribution in [0.5, 0.6) is 5.75 Å². The molecule has 110 valence electrons. The van der Waals surface area contributed by atoms with Gasteiger partial charge in [0.15, 0.2) is 0 Å². The number of ether oxygens (including phenoxy) is 2. The standard InChI is InChI=1S/C17H17BrO3/c1-20-17-5-2-11(6-15(17)18)7-16(19)12-3-4-13-9-21-10-14(13)8-12/h2-6,8,16,19H,7,9-10H2,1H3. The van der Waals surface area contributed by atoms with Gasteiger partial charge in [-0.05, 0) is 50.3 Å². The Hall–Kier alpha value is -1.36. The van der Waals surface area contributed by atoms with E-state index < -0.39 is 6.10 Å².